The molecule has 1 saturated heterocycles. The Hall–Kier alpha value is -2.74. The van der Waals surface area contributed by atoms with E-state index in [1.807, 2.05) is 12.1 Å². The first kappa shape index (κ1) is 21.5. The van der Waals surface area contributed by atoms with Crippen molar-refractivity contribution in [2.24, 2.45) is 0 Å². The Bertz CT molecular complexity index is 1040. The number of rotatable bonds is 7. The van der Waals surface area contributed by atoms with E-state index < -0.39 is 10.0 Å². The van der Waals surface area contributed by atoms with E-state index in [9.17, 15) is 8.42 Å². The molecular formula is C24H28N4O2S. The lowest BCUT2D eigenvalue weighted by Crippen LogP contribution is -2.47. The summed E-state index contributed by atoms with van der Waals surface area (Å²) in [6.45, 7) is 4.48. The smallest absolute Gasteiger partial charge is 0.230 e. The zero-order chi connectivity index (χ0) is 21.7. The highest BCUT2D eigenvalue weighted by molar-refractivity contribution is 7.92. The van der Waals surface area contributed by atoms with Crippen LogP contribution in [0.3, 0.4) is 0 Å². The summed E-state index contributed by atoms with van der Waals surface area (Å²) in [7, 11) is -3.33. The van der Waals surface area contributed by atoms with Gasteiger partial charge in [0, 0.05) is 32.7 Å². The van der Waals surface area contributed by atoms with E-state index >= 15 is 0 Å². The number of pyridine rings is 1. The van der Waals surface area contributed by atoms with Crippen molar-refractivity contribution in [1.82, 2.24) is 14.8 Å². The highest BCUT2D eigenvalue weighted by atomic mass is 32.2. The van der Waals surface area contributed by atoms with Gasteiger partial charge >= 0.3 is 0 Å². The maximum atomic E-state index is 11.5. The molecule has 0 aliphatic carbocycles. The summed E-state index contributed by atoms with van der Waals surface area (Å²) >= 11 is 0. The SMILES string of the molecule is CS(=O)(=O)Nc1cccc(CN2CCN(C(c3ccccc3)c3ccccc3)CC2)n1. The highest BCUT2D eigenvalue weighted by Gasteiger charge is 2.26. The molecule has 1 N–H and O–H groups in total. The minimum atomic E-state index is -3.33. The molecule has 6 nitrogen and oxygen atoms in total. The van der Waals surface area contributed by atoms with E-state index in [0.29, 0.717) is 12.4 Å². The molecule has 7 heteroatoms. The summed E-state index contributed by atoms with van der Waals surface area (Å²) in [5.74, 6) is 0.367. The van der Waals surface area contributed by atoms with Crippen LogP contribution in [0, 0.1) is 0 Å². The molecule has 1 fully saturated rings. The van der Waals surface area contributed by atoms with Gasteiger partial charge in [-0.15, -0.1) is 0 Å². The molecule has 0 saturated carbocycles. The summed E-state index contributed by atoms with van der Waals surface area (Å²) in [5.41, 5.74) is 3.48. The normalized spacial score (nSPS) is 15.8. The van der Waals surface area contributed by atoms with Crippen LogP contribution in [0.15, 0.2) is 78.9 Å². The molecule has 4 rings (SSSR count). The van der Waals surface area contributed by atoms with E-state index in [1.54, 1.807) is 6.07 Å². The molecule has 0 bridgehead atoms. The predicted octanol–water partition coefficient (Wildman–Crippen LogP) is 3.36. The first-order chi connectivity index (χ1) is 15.0. The Morgan fingerprint density at radius 2 is 1.42 bits per heavy atom. The molecule has 2 aromatic carbocycles. The van der Waals surface area contributed by atoms with Crippen molar-refractivity contribution < 1.29 is 8.42 Å². The van der Waals surface area contributed by atoms with Crippen molar-refractivity contribution in [3.05, 3.63) is 95.7 Å². The fourth-order valence-electron chi connectivity index (χ4n) is 4.11. The quantitative estimate of drug-likeness (QED) is 0.615. The van der Waals surface area contributed by atoms with Crippen molar-refractivity contribution in [3.63, 3.8) is 0 Å². The second-order valence-electron chi connectivity index (χ2n) is 7.92. The van der Waals surface area contributed by atoms with E-state index in [1.165, 1.54) is 11.1 Å². The summed E-state index contributed by atoms with van der Waals surface area (Å²) < 4.78 is 25.4. The third-order valence-electron chi connectivity index (χ3n) is 5.48. The Kier molecular flexibility index (Phi) is 6.65. The topological polar surface area (TPSA) is 65.5 Å². The Morgan fingerprint density at radius 1 is 0.839 bits per heavy atom. The fourth-order valence-corrected chi connectivity index (χ4v) is 4.60. The van der Waals surface area contributed by atoms with Gasteiger partial charge < -0.3 is 0 Å². The molecule has 0 atom stereocenters. The van der Waals surface area contributed by atoms with Gasteiger partial charge in [-0.2, -0.15) is 0 Å². The van der Waals surface area contributed by atoms with Gasteiger partial charge in [0.2, 0.25) is 10.0 Å². The Labute approximate surface area is 184 Å². The number of nitrogens with zero attached hydrogens (tertiary/aromatic N) is 3. The van der Waals surface area contributed by atoms with Gasteiger partial charge in [0.15, 0.2) is 0 Å². The predicted molar refractivity (Wildman–Crippen MR) is 124 cm³/mol. The maximum absolute atomic E-state index is 11.5. The molecular weight excluding hydrogens is 408 g/mol. The number of sulfonamides is 1. The number of nitrogens with one attached hydrogen (secondary N) is 1. The van der Waals surface area contributed by atoms with Crippen molar-refractivity contribution in [3.8, 4) is 0 Å². The van der Waals surface area contributed by atoms with Crippen LogP contribution < -0.4 is 4.72 Å². The Balaban J connectivity index is 1.43. The molecule has 1 aliphatic rings. The van der Waals surface area contributed by atoms with Crippen LogP contribution >= 0.6 is 0 Å². The van der Waals surface area contributed by atoms with Crippen molar-refractivity contribution in [2.45, 2.75) is 12.6 Å². The van der Waals surface area contributed by atoms with Crippen LogP contribution in [-0.4, -0.2) is 55.6 Å². The van der Waals surface area contributed by atoms with Gasteiger partial charge in [-0.3, -0.25) is 14.5 Å². The lowest BCUT2D eigenvalue weighted by atomic mass is 9.96. The number of benzene rings is 2. The van der Waals surface area contributed by atoms with Gasteiger partial charge in [-0.05, 0) is 23.3 Å². The van der Waals surface area contributed by atoms with Crippen molar-refractivity contribution in [1.29, 1.82) is 0 Å². The summed E-state index contributed by atoms with van der Waals surface area (Å²) in [4.78, 5) is 9.37. The number of hydrogen-bond acceptors (Lipinski definition) is 5. The van der Waals surface area contributed by atoms with Gasteiger partial charge in [0.25, 0.3) is 0 Å². The molecule has 0 spiro atoms. The van der Waals surface area contributed by atoms with Gasteiger partial charge in [0.05, 0.1) is 18.0 Å². The molecule has 0 amide bonds. The second-order valence-corrected chi connectivity index (χ2v) is 9.67. The molecule has 1 aromatic heterocycles. The monoisotopic (exact) mass is 436 g/mol. The van der Waals surface area contributed by atoms with Crippen LogP contribution in [0.2, 0.25) is 0 Å². The van der Waals surface area contributed by atoms with Crippen LogP contribution in [0.25, 0.3) is 0 Å². The van der Waals surface area contributed by atoms with Crippen LogP contribution in [0.5, 0.6) is 0 Å². The molecule has 1 aliphatic heterocycles. The highest BCUT2D eigenvalue weighted by Crippen LogP contribution is 2.29. The second kappa shape index (κ2) is 9.60. The molecule has 3 aromatic rings. The average molecular weight is 437 g/mol. The van der Waals surface area contributed by atoms with Crippen LogP contribution in [-0.2, 0) is 16.6 Å². The number of aromatic nitrogens is 1. The summed E-state index contributed by atoms with van der Waals surface area (Å²) in [6.07, 6.45) is 1.14. The number of hydrogen-bond donors (Lipinski definition) is 1. The molecule has 162 valence electrons. The first-order valence-electron chi connectivity index (χ1n) is 10.5. The van der Waals surface area contributed by atoms with Gasteiger partial charge in [-0.1, -0.05) is 66.7 Å². The first-order valence-corrected chi connectivity index (χ1v) is 12.4. The Morgan fingerprint density at radius 3 is 1.97 bits per heavy atom. The third-order valence-corrected chi connectivity index (χ3v) is 6.06. The molecule has 2 heterocycles. The lowest BCUT2D eigenvalue weighted by Gasteiger charge is -2.39. The summed E-state index contributed by atoms with van der Waals surface area (Å²) in [5, 5.41) is 0. The minimum Gasteiger partial charge on any atom is -0.295 e. The van der Waals surface area contributed by atoms with Gasteiger partial charge in [0.1, 0.15) is 5.82 Å². The number of piperazine rings is 1. The van der Waals surface area contributed by atoms with E-state index in [0.717, 1.165) is 38.1 Å². The van der Waals surface area contributed by atoms with Crippen LogP contribution in [0.4, 0.5) is 5.82 Å². The van der Waals surface area contributed by atoms with E-state index in [2.05, 4.69) is 80.2 Å². The number of anilines is 1. The zero-order valence-electron chi connectivity index (χ0n) is 17.7. The summed E-state index contributed by atoms with van der Waals surface area (Å²) in [6, 6.07) is 27.0. The van der Waals surface area contributed by atoms with E-state index in [4.69, 9.17) is 0 Å². The maximum Gasteiger partial charge on any atom is 0.230 e. The minimum absolute atomic E-state index is 0.241. The van der Waals surface area contributed by atoms with Crippen molar-refractivity contribution in [2.75, 3.05) is 37.2 Å². The molecule has 31 heavy (non-hydrogen) atoms. The zero-order valence-corrected chi connectivity index (χ0v) is 18.5. The standard InChI is InChI=1S/C24H28N4O2S/c1-31(29,30)26-23-14-8-13-22(25-23)19-27-15-17-28(18-16-27)24(20-9-4-2-5-10-20)21-11-6-3-7-12-21/h2-14,24H,15-19H2,1H3,(H,25,26). The van der Waals surface area contributed by atoms with E-state index in [-0.39, 0.29) is 6.04 Å². The fraction of sp³-hybridized carbons (Fsp3) is 0.292. The lowest BCUT2D eigenvalue weighted by molar-refractivity contribution is 0.104. The van der Waals surface area contributed by atoms with Crippen LogP contribution in [0.1, 0.15) is 22.9 Å². The average Bonchev–Trinajstić information content (AvgIpc) is 2.76. The molecule has 0 unspecified atom stereocenters. The third kappa shape index (κ3) is 5.91. The van der Waals surface area contributed by atoms with Gasteiger partial charge in [-0.25, -0.2) is 13.4 Å². The van der Waals surface area contributed by atoms with Crippen molar-refractivity contribution >= 4 is 15.8 Å². The largest absolute Gasteiger partial charge is 0.295 e. The molecule has 0 radical (unpaired) electrons.